The van der Waals surface area contributed by atoms with Crippen LogP contribution in [0.15, 0.2) is 52.5 Å². The molecule has 15 nitrogen and oxygen atoms in total. The lowest BCUT2D eigenvalue weighted by Gasteiger charge is -2.39. The van der Waals surface area contributed by atoms with Crippen molar-refractivity contribution >= 4 is 34.9 Å². The van der Waals surface area contributed by atoms with Gasteiger partial charge in [-0.15, -0.1) is 0 Å². The third kappa shape index (κ3) is 8.12. The molecule has 0 fully saturated rings. The number of nitrogens with one attached hydrogen (secondary N) is 1. The maximum Gasteiger partial charge on any atom is 0.313 e. The molecule has 4 aliphatic rings. The van der Waals surface area contributed by atoms with Crippen molar-refractivity contribution in [2.24, 2.45) is 23.7 Å². The van der Waals surface area contributed by atoms with Gasteiger partial charge in [0, 0.05) is 47.0 Å². The minimum atomic E-state index is -2.17. The Morgan fingerprint density at radius 1 is 0.909 bits per heavy atom. The SMILES string of the molecule is COC(=O)[C@H]1[C@H](O)[C@H](C)[C@@H](O)[C@](C)(O)/C=C(\C)C2=C3C(=C(C)C(=O)c4c(O)c(c(C)c(OC(C)=O)c43)NC(=O)/C(C)=C/C=C\[C@@H](C)[C@H](O)[C@@H](C)[C@@H]1O)OCO2. The van der Waals surface area contributed by atoms with Crippen LogP contribution in [-0.4, -0.2) is 98.2 Å². The van der Waals surface area contributed by atoms with E-state index in [1.807, 2.05) is 0 Å². The first-order valence-corrected chi connectivity index (χ1v) is 17.8. The van der Waals surface area contributed by atoms with Crippen LogP contribution in [0.4, 0.5) is 5.69 Å². The summed E-state index contributed by atoms with van der Waals surface area (Å²) in [5.41, 5.74) is -2.34. The normalized spacial score (nSPS) is 33.3. The van der Waals surface area contributed by atoms with Crippen LogP contribution in [0.1, 0.15) is 76.9 Å². The first-order chi connectivity index (χ1) is 25.6. The number of hydrogen-bond donors (Lipinski definition) is 7. The first-order valence-electron chi connectivity index (χ1n) is 17.8. The van der Waals surface area contributed by atoms with Gasteiger partial charge in [0.15, 0.2) is 11.5 Å². The van der Waals surface area contributed by atoms with E-state index in [-0.39, 0.29) is 61.9 Å². The molecule has 0 spiro atoms. The molecule has 7 N–H and O–H groups in total. The van der Waals surface area contributed by atoms with E-state index < -0.39 is 89.9 Å². The van der Waals surface area contributed by atoms with Gasteiger partial charge in [-0.05, 0) is 46.3 Å². The number of ketones is 1. The van der Waals surface area contributed by atoms with E-state index in [2.05, 4.69) is 5.32 Å². The number of aromatic hydroxyl groups is 1. The summed E-state index contributed by atoms with van der Waals surface area (Å²) < 4.78 is 22.3. The standard InChI is InChI=1S/C40H51NO14/c1-16-12-11-13-17(2)38(49)41-28-19(4)36(55-23(8)42)24-25(33(28)47)31(45)21(6)35-26(24)34(53-15-54-35)18(3)14-40(9,51)37(48)22(7)32(46)27(39(50)52-10)30(44)20(5)29(16)43/h11-14,16,20,22,27,29-30,32,37,43-44,46-48,51H,15H2,1-10H3,(H,41,49)/b12-11-,17-13+,18-14+/t16-,20-,22+,27-,29+,30+,32-,37-,40-/m1/s1. The Balaban J connectivity index is 2.07. The Labute approximate surface area is 319 Å². The summed E-state index contributed by atoms with van der Waals surface area (Å²) in [6.07, 6.45) is -0.878. The van der Waals surface area contributed by atoms with Crippen LogP contribution in [0.3, 0.4) is 0 Å². The molecule has 1 aromatic carbocycles. The van der Waals surface area contributed by atoms with Crippen molar-refractivity contribution in [2.75, 3.05) is 19.2 Å². The molecule has 9 atom stereocenters. The third-order valence-electron chi connectivity index (χ3n) is 10.6. The number of Topliss-reactive ketones (excluding diaryl/α,β-unsaturated/α-hetero) is 1. The van der Waals surface area contributed by atoms with Crippen LogP contribution in [0.5, 0.6) is 11.5 Å². The number of aliphatic hydroxyl groups excluding tert-OH is 4. The smallest absolute Gasteiger partial charge is 0.313 e. The lowest BCUT2D eigenvalue weighted by atomic mass is 9.75. The molecule has 5 rings (SSSR count). The number of benzene rings is 1. The van der Waals surface area contributed by atoms with Gasteiger partial charge >= 0.3 is 11.9 Å². The molecule has 3 heterocycles. The third-order valence-corrected chi connectivity index (χ3v) is 10.6. The van der Waals surface area contributed by atoms with Crippen LogP contribution in [0.25, 0.3) is 5.57 Å². The Kier molecular flexibility index (Phi) is 12.9. The zero-order valence-corrected chi connectivity index (χ0v) is 32.6. The maximum absolute atomic E-state index is 14.0. The van der Waals surface area contributed by atoms with Crippen molar-refractivity contribution in [1.82, 2.24) is 0 Å². The number of phenolic OH excluding ortho intramolecular Hbond substituents is 1. The van der Waals surface area contributed by atoms with E-state index in [1.165, 1.54) is 66.7 Å². The molecule has 1 amide bonds. The summed E-state index contributed by atoms with van der Waals surface area (Å²) in [5.74, 6) is -8.68. The summed E-state index contributed by atoms with van der Waals surface area (Å²) >= 11 is 0. The quantitative estimate of drug-likeness (QED) is 0.130. The highest BCUT2D eigenvalue weighted by Crippen LogP contribution is 2.53. The molecule has 1 aromatic rings. The van der Waals surface area contributed by atoms with Crippen LogP contribution in [0, 0.1) is 30.6 Å². The van der Waals surface area contributed by atoms with Crippen LogP contribution < -0.4 is 10.1 Å². The number of phenols is 1. The highest BCUT2D eigenvalue weighted by atomic mass is 16.7. The van der Waals surface area contributed by atoms with Gasteiger partial charge in [-0.1, -0.05) is 39.0 Å². The zero-order chi connectivity index (χ0) is 41.4. The molecule has 300 valence electrons. The van der Waals surface area contributed by atoms with Crippen molar-refractivity contribution in [2.45, 2.75) is 92.3 Å². The molecule has 0 unspecified atom stereocenters. The minimum absolute atomic E-state index is 0.00256. The number of fused-ring (bicyclic) bond motifs is 14. The van der Waals surface area contributed by atoms with Gasteiger partial charge in [-0.3, -0.25) is 19.2 Å². The van der Waals surface area contributed by atoms with Gasteiger partial charge in [0.1, 0.15) is 28.8 Å². The second-order valence-electron chi connectivity index (χ2n) is 14.7. The molecule has 0 saturated heterocycles. The fourth-order valence-electron chi connectivity index (χ4n) is 7.28. The number of hydrogen-bond acceptors (Lipinski definition) is 14. The number of carbonyl (C=O) groups is 4. The summed E-state index contributed by atoms with van der Waals surface area (Å²) in [6.45, 7) is 12.3. The number of anilines is 1. The lowest BCUT2D eigenvalue weighted by molar-refractivity contribution is -0.168. The fourth-order valence-corrected chi connectivity index (χ4v) is 7.28. The van der Waals surface area contributed by atoms with Gasteiger partial charge in [-0.25, -0.2) is 0 Å². The molecule has 55 heavy (non-hydrogen) atoms. The van der Waals surface area contributed by atoms with Gasteiger partial charge in [0.05, 0.1) is 48.3 Å². The van der Waals surface area contributed by atoms with Crippen LogP contribution >= 0.6 is 0 Å². The second kappa shape index (κ2) is 16.5. The zero-order valence-electron chi connectivity index (χ0n) is 32.6. The Morgan fingerprint density at radius 3 is 2.11 bits per heavy atom. The van der Waals surface area contributed by atoms with E-state index in [0.29, 0.717) is 0 Å². The van der Waals surface area contributed by atoms with E-state index in [1.54, 1.807) is 13.0 Å². The van der Waals surface area contributed by atoms with Gasteiger partial charge in [-0.2, -0.15) is 0 Å². The molecule has 4 bridgehead atoms. The molecule has 1 aliphatic carbocycles. The predicted octanol–water partition coefficient (Wildman–Crippen LogP) is 3.10. The summed E-state index contributed by atoms with van der Waals surface area (Å²) in [5, 5.41) is 71.8. The fraction of sp³-hybridized carbons (Fsp3) is 0.500. The van der Waals surface area contributed by atoms with E-state index >= 15 is 0 Å². The molecule has 0 radical (unpaired) electrons. The molecule has 3 aliphatic heterocycles. The van der Waals surface area contributed by atoms with Gasteiger partial charge in [0.25, 0.3) is 5.91 Å². The monoisotopic (exact) mass is 769 g/mol. The first kappa shape index (κ1) is 42.9. The summed E-state index contributed by atoms with van der Waals surface area (Å²) in [7, 11) is 1.06. The summed E-state index contributed by atoms with van der Waals surface area (Å²) in [6, 6.07) is 0. The van der Waals surface area contributed by atoms with Crippen molar-refractivity contribution < 1.29 is 68.8 Å². The highest BCUT2D eigenvalue weighted by molar-refractivity contribution is 6.21. The number of methoxy groups -OCH3 is 1. The van der Waals surface area contributed by atoms with Crippen molar-refractivity contribution in [3.8, 4) is 11.5 Å². The number of ether oxygens (including phenoxy) is 4. The average Bonchev–Trinajstić information content (AvgIpc) is 3.13. The molecule has 0 saturated carbocycles. The van der Waals surface area contributed by atoms with E-state index in [4.69, 9.17) is 18.9 Å². The topological polar surface area (TPSA) is 239 Å². The van der Waals surface area contributed by atoms with Gasteiger partial charge < -0.3 is 54.9 Å². The van der Waals surface area contributed by atoms with Crippen LogP contribution in [-0.2, 0) is 28.6 Å². The van der Waals surface area contributed by atoms with Crippen molar-refractivity contribution in [3.63, 3.8) is 0 Å². The number of allylic oxidation sites excluding steroid dienone is 5. The van der Waals surface area contributed by atoms with Crippen molar-refractivity contribution in [1.29, 1.82) is 0 Å². The summed E-state index contributed by atoms with van der Waals surface area (Å²) in [4.78, 5) is 53.0. The molecular formula is C40H51NO14. The van der Waals surface area contributed by atoms with Gasteiger partial charge in [0.2, 0.25) is 6.79 Å². The number of aliphatic hydroxyl groups is 5. The second-order valence-corrected chi connectivity index (χ2v) is 14.7. The predicted molar refractivity (Wildman–Crippen MR) is 198 cm³/mol. The lowest BCUT2D eigenvalue weighted by Crippen LogP contribution is -2.53. The molecular weight excluding hydrogens is 718 g/mol. The molecule has 15 heteroatoms. The maximum atomic E-state index is 14.0. The van der Waals surface area contributed by atoms with Crippen LogP contribution in [0.2, 0.25) is 0 Å². The van der Waals surface area contributed by atoms with Crippen molar-refractivity contribution in [3.05, 3.63) is 69.2 Å². The highest BCUT2D eigenvalue weighted by Gasteiger charge is 2.47. The number of amides is 1. The minimum Gasteiger partial charge on any atom is -0.505 e. The Hall–Kier alpha value is -4.80. The van der Waals surface area contributed by atoms with E-state index in [9.17, 15) is 49.8 Å². The number of carbonyl (C=O) groups excluding carboxylic acids is 4. The largest absolute Gasteiger partial charge is 0.505 e. The number of rotatable bonds is 2. The average molecular weight is 770 g/mol. The Morgan fingerprint density at radius 2 is 1.51 bits per heavy atom. The Bertz CT molecular complexity index is 1920. The van der Waals surface area contributed by atoms with E-state index in [0.717, 1.165) is 14.0 Å². The number of esters is 2. The molecule has 0 aromatic heterocycles.